The molecular weight excluding hydrogens is 401 g/mol. The Kier molecular flexibility index (Phi) is 6.04. The lowest BCUT2D eigenvalue weighted by atomic mass is 10.0. The molecule has 0 heterocycles. The molecule has 0 fully saturated rings. The van der Waals surface area contributed by atoms with Gasteiger partial charge in [0.1, 0.15) is 5.75 Å². The largest absolute Gasteiger partial charge is 0.484 e. The Morgan fingerprint density at radius 2 is 1.78 bits per heavy atom. The third-order valence-electron chi connectivity index (χ3n) is 3.70. The average molecular weight is 423 g/mol. The summed E-state index contributed by atoms with van der Waals surface area (Å²) in [6.07, 6.45) is 0. The molecule has 0 aromatic heterocycles. The van der Waals surface area contributed by atoms with Gasteiger partial charge in [-0.2, -0.15) is 0 Å². The molecule has 0 bridgehead atoms. The molecular formula is C19H22INO2. The highest BCUT2D eigenvalue weighted by atomic mass is 127. The third-order valence-corrected chi connectivity index (χ3v) is 4.86. The van der Waals surface area contributed by atoms with Crippen LogP contribution in [0.5, 0.6) is 5.75 Å². The van der Waals surface area contributed by atoms with E-state index >= 15 is 0 Å². The van der Waals surface area contributed by atoms with Crippen molar-refractivity contribution >= 4 is 34.2 Å². The van der Waals surface area contributed by atoms with Crippen LogP contribution in [0.2, 0.25) is 0 Å². The summed E-state index contributed by atoms with van der Waals surface area (Å²) in [6, 6.07) is 11.9. The lowest BCUT2D eigenvalue weighted by Gasteiger charge is -2.12. The van der Waals surface area contributed by atoms with Crippen molar-refractivity contribution in [3.8, 4) is 5.75 Å². The van der Waals surface area contributed by atoms with Gasteiger partial charge in [-0.1, -0.05) is 26.0 Å². The topological polar surface area (TPSA) is 38.3 Å². The lowest BCUT2D eigenvalue weighted by molar-refractivity contribution is -0.118. The van der Waals surface area contributed by atoms with E-state index in [1.165, 1.54) is 9.13 Å². The van der Waals surface area contributed by atoms with Gasteiger partial charge in [0.25, 0.3) is 5.91 Å². The molecule has 1 amide bonds. The Labute approximate surface area is 151 Å². The minimum absolute atomic E-state index is 0.00546. The second-order valence-corrected chi connectivity index (χ2v) is 7.14. The number of carbonyl (C=O) groups excluding carboxylic acids is 1. The number of rotatable bonds is 5. The Hall–Kier alpha value is -1.56. The Morgan fingerprint density at radius 1 is 1.13 bits per heavy atom. The Morgan fingerprint density at radius 3 is 2.39 bits per heavy atom. The molecule has 0 unspecified atom stereocenters. The molecule has 0 radical (unpaired) electrons. The van der Waals surface area contributed by atoms with Crippen LogP contribution in [0.15, 0.2) is 36.4 Å². The van der Waals surface area contributed by atoms with Crippen LogP contribution in [0.25, 0.3) is 0 Å². The van der Waals surface area contributed by atoms with Crippen molar-refractivity contribution in [2.24, 2.45) is 0 Å². The number of carbonyl (C=O) groups is 1. The van der Waals surface area contributed by atoms with Crippen LogP contribution in [0.3, 0.4) is 0 Å². The zero-order valence-corrected chi connectivity index (χ0v) is 16.1. The first-order valence-corrected chi connectivity index (χ1v) is 8.74. The zero-order chi connectivity index (χ0) is 17.0. The van der Waals surface area contributed by atoms with E-state index in [4.69, 9.17) is 4.74 Å². The van der Waals surface area contributed by atoms with Gasteiger partial charge >= 0.3 is 0 Å². The maximum Gasteiger partial charge on any atom is 0.262 e. The van der Waals surface area contributed by atoms with Gasteiger partial charge < -0.3 is 10.1 Å². The van der Waals surface area contributed by atoms with Crippen molar-refractivity contribution in [3.63, 3.8) is 0 Å². The molecule has 2 rings (SSSR count). The molecule has 3 nitrogen and oxygen atoms in total. The summed E-state index contributed by atoms with van der Waals surface area (Å²) in [4.78, 5) is 12.1. The van der Waals surface area contributed by atoms with E-state index in [2.05, 4.69) is 47.8 Å². The van der Waals surface area contributed by atoms with Gasteiger partial charge in [-0.3, -0.25) is 4.79 Å². The Bertz CT molecular complexity index is 693. The molecule has 2 aromatic rings. The van der Waals surface area contributed by atoms with Crippen LogP contribution in [0.1, 0.15) is 36.5 Å². The van der Waals surface area contributed by atoms with Crippen LogP contribution in [0, 0.1) is 17.4 Å². The fourth-order valence-corrected chi connectivity index (χ4v) is 2.82. The Balaban J connectivity index is 1.94. The number of ether oxygens (including phenoxy) is 1. The van der Waals surface area contributed by atoms with Gasteiger partial charge in [-0.25, -0.2) is 0 Å². The number of amides is 1. The summed E-state index contributed by atoms with van der Waals surface area (Å²) in [5.74, 6) is 1.04. The molecule has 0 aliphatic heterocycles. The molecule has 1 N–H and O–H groups in total. The maximum atomic E-state index is 12.1. The van der Waals surface area contributed by atoms with E-state index < -0.39 is 0 Å². The zero-order valence-electron chi connectivity index (χ0n) is 13.9. The second kappa shape index (κ2) is 7.81. The predicted molar refractivity (Wildman–Crippen MR) is 103 cm³/mol. The number of halogens is 1. The first kappa shape index (κ1) is 17.8. The minimum atomic E-state index is -0.151. The molecule has 0 atom stereocenters. The molecule has 0 saturated carbocycles. The van der Waals surface area contributed by atoms with E-state index in [1.807, 2.05) is 44.2 Å². The normalized spacial score (nSPS) is 10.7. The molecule has 4 heteroatoms. The smallest absolute Gasteiger partial charge is 0.262 e. The highest BCUT2D eigenvalue weighted by molar-refractivity contribution is 14.1. The average Bonchev–Trinajstić information content (AvgIpc) is 2.51. The van der Waals surface area contributed by atoms with Crippen LogP contribution in [0.4, 0.5) is 5.69 Å². The van der Waals surface area contributed by atoms with E-state index in [1.54, 1.807) is 0 Å². The molecule has 122 valence electrons. The fraction of sp³-hybridized carbons (Fsp3) is 0.316. The van der Waals surface area contributed by atoms with Crippen molar-refractivity contribution in [3.05, 3.63) is 56.7 Å². The predicted octanol–water partition coefficient (Wildman–Crippen LogP) is 5.05. The lowest BCUT2D eigenvalue weighted by Crippen LogP contribution is -2.20. The highest BCUT2D eigenvalue weighted by Gasteiger charge is 2.08. The number of hydrogen-bond acceptors (Lipinski definition) is 2. The van der Waals surface area contributed by atoms with E-state index in [9.17, 15) is 4.79 Å². The summed E-state index contributed by atoms with van der Waals surface area (Å²) in [5.41, 5.74) is 4.30. The van der Waals surface area contributed by atoms with Gasteiger partial charge in [0, 0.05) is 9.26 Å². The second-order valence-electron chi connectivity index (χ2n) is 5.98. The van der Waals surface area contributed by atoms with Crippen molar-refractivity contribution in [1.82, 2.24) is 0 Å². The molecule has 2 aromatic carbocycles. The summed E-state index contributed by atoms with van der Waals surface area (Å²) < 4.78 is 6.75. The molecule has 0 aliphatic carbocycles. The van der Waals surface area contributed by atoms with Crippen LogP contribution >= 0.6 is 22.6 Å². The van der Waals surface area contributed by atoms with Crippen LogP contribution < -0.4 is 10.1 Å². The number of aryl methyl sites for hydroxylation is 2. The van der Waals surface area contributed by atoms with Crippen molar-refractivity contribution in [2.75, 3.05) is 11.9 Å². The number of anilines is 1. The van der Waals surface area contributed by atoms with E-state index in [-0.39, 0.29) is 12.5 Å². The summed E-state index contributed by atoms with van der Waals surface area (Å²) in [6.45, 7) is 8.32. The maximum absolute atomic E-state index is 12.1. The summed E-state index contributed by atoms with van der Waals surface area (Å²) >= 11 is 2.29. The number of nitrogens with one attached hydrogen (secondary N) is 1. The van der Waals surface area contributed by atoms with Crippen molar-refractivity contribution in [1.29, 1.82) is 0 Å². The van der Waals surface area contributed by atoms with E-state index in [0.29, 0.717) is 11.7 Å². The van der Waals surface area contributed by atoms with Gasteiger partial charge in [0.15, 0.2) is 6.61 Å². The quantitative estimate of drug-likeness (QED) is 0.684. The summed E-state index contributed by atoms with van der Waals surface area (Å²) in [5, 5.41) is 2.91. The molecule has 0 saturated heterocycles. The van der Waals surface area contributed by atoms with Gasteiger partial charge in [-0.15, -0.1) is 0 Å². The fourth-order valence-electron chi connectivity index (χ4n) is 2.20. The molecule has 0 aliphatic rings. The van der Waals surface area contributed by atoms with Crippen molar-refractivity contribution < 1.29 is 9.53 Å². The van der Waals surface area contributed by atoms with Gasteiger partial charge in [-0.05, 0) is 83.3 Å². The van der Waals surface area contributed by atoms with Crippen LogP contribution in [-0.4, -0.2) is 12.5 Å². The summed E-state index contributed by atoms with van der Waals surface area (Å²) in [7, 11) is 0. The SMILES string of the molecule is Cc1cc(NC(=O)COc2ccc(C(C)C)cc2)c(C)cc1I. The molecule has 0 spiro atoms. The number of hydrogen-bond donors (Lipinski definition) is 1. The van der Waals surface area contributed by atoms with Gasteiger partial charge in [0.05, 0.1) is 0 Å². The molecule has 23 heavy (non-hydrogen) atoms. The highest BCUT2D eigenvalue weighted by Crippen LogP contribution is 2.22. The number of benzene rings is 2. The third kappa shape index (κ3) is 4.96. The van der Waals surface area contributed by atoms with E-state index in [0.717, 1.165) is 16.8 Å². The van der Waals surface area contributed by atoms with Crippen molar-refractivity contribution in [2.45, 2.75) is 33.6 Å². The first-order valence-electron chi connectivity index (χ1n) is 7.66. The standard InChI is InChI=1S/C19H22INO2/c1-12(2)15-5-7-16(8-6-15)23-11-19(22)21-18-10-13(3)17(20)9-14(18)4/h5-10,12H,11H2,1-4H3,(H,21,22). The first-order chi connectivity index (χ1) is 10.9. The van der Waals surface area contributed by atoms with Crippen LogP contribution in [-0.2, 0) is 4.79 Å². The van der Waals surface area contributed by atoms with Gasteiger partial charge in [0.2, 0.25) is 0 Å². The monoisotopic (exact) mass is 423 g/mol. The minimum Gasteiger partial charge on any atom is -0.484 e.